The largest absolute Gasteiger partial charge is 0.388 e. The van der Waals surface area contributed by atoms with Gasteiger partial charge in [0.1, 0.15) is 6.26 Å². The van der Waals surface area contributed by atoms with Gasteiger partial charge in [-0.25, -0.2) is 0 Å². The van der Waals surface area contributed by atoms with Crippen LogP contribution in [-0.4, -0.2) is 14.8 Å². The molecule has 1 N–H and O–H groups in total. The molecule has 0 aliphatic heterocycles. The second-order valence-corrected chi connectivity index (χ2v) is 4.35. The molecule has 2 heterocycles. The predicted molar refractivity (Wildman–Crippen MR) is 57.9 cm³/mol. The first kappa shape index (κ1) is 9.66. The van der Waals surface area contributed by atoms with Crippen LogP contribution >= 0.6 is 0 Å². The van der Waals surface area contributed by atoms with E-state index in [9.17, 15) is 5.11 Å². The van der Waals surface area contributed by atoms with Crippen LogP contribution in [0.3, 0.4) is 0 Å². The zero-order valence-corrected chi connectivity index (χ0v) is 8.97. The Morgan fingerprint density at radius 2 is 2.44 bits per heavy atom. The van der Waals surface area contributed by atoms with Gasteiger partial charge < -0.3 is 14.2 Å². The van der Waals surface area contributed by atoms with Crippen LogP contribution in [0.25, 0.3) is 0 Å². The summed E-state index contributed by atoms with van der Waals surface area (Å²) < 4.78 is 6.89. The molecule has 1 atom stereocenters. The number of nitrogens with zero attached hydrogens (tertiary/aromatic N) is 2. The first-order valence-corrected chi connectivity index (χ1v) is 5.58. The van der Waals surface area contributed by atoms with E-state index in [1.54, 1.807) is 12.5 Å². The fraction of sp³-hybridized carbons (Fsp3) is 0.417. The Morgan fingerprint density at radius 1 is 1.50 bits per heavy atom. The number of hydrogen-bond donors (Lipinski definition) is 1. The predicted octanol–water partition coefficient (Wildman–Crippen LogP) is 1.89. The number of hydrogen-bond acceptors (Lipinski definition) is 3. The van der Waals surface area contributed by atoms with E-state index in [-0.39, 0.29) is 6.10 Å². The van der Waals surface area contributed by atoms with E-state index >= 15 is 0 Å². The molecule has 3 rings (SSSR count). The summed E-state index contributed by atoms with van der Waals surface area (Å²) in [5.74, 6) is 0. The van der Waals surface area contributed by atoms with Gasteiger partial charge in [-0.3, -0.25) is 0 Å². The molecule has 16 heavy (non-hydrogen) atoms. The molecule has 0 bridgehead atoms. The average molecular weight is 218 g/mol. The van der Waals surface area contributed by atoms with Crippen molar-refractivity contribution >= 4 is 0 Å². The highest BCUT2D eigenvalue weighted by molar-refractivity contribution is 5.29. The number of fused-ring (bicyclic) bond motifs is 1. The zero-order chi connectivity index (χ0) is 11.0. The Hall–Kier alpha value is -1.55. The van der Waals surface area contributed by atoms with Crippen molar-refractivity contribution in [3.05, 3.63) is 41.5 Å². The van der Waals surface area contributed by atoms with Crippen molar-refractivity contribution < 1.29 is 9.63 Å². The normalized spacial score (nSPS) is 19.7. The van der Waals surface area contributed by atoms with Gasteiger partial charge >= 0.3 is 0 Å². The summed E-state index contributed by atoms with van der Waals surface area (Å²) in [5.41, 5.74) is 3.40. The van der Waals surface area contributed by atoms with E-state index in [0.717, 1.165) is 36.9 Å². The van der Waals surface area contributed by atoms with Crippen molar-refractivity contribution in [2.75, 3.05) is 0 Å². The Balaban J connectivity index is 1.87. The molecule has 2 aromatic rings. The lowest BCUT2D eigenvalue weighted by atomic mass is 9.93. The minimum atomic E-state index is -0.285. The van der Waals surface area contributed by atoms with Gasteiger partial charge in [0.25, 0.3) is 0 Å². The lowest BCUT2D eigenvalue weighted by molar-refractivity contribution is 0.157. The van der Waals surface area contributed by atoms with Gasteiger partial charge in [-0.1, -0.05) is 5.16 Å². The fourth-order valence-electron chi connectivity index (χ4n) is 2.33. The maximum absolute atomic E-state index is 9.86. The Bertz CT molecular complexity index is 473. The van der Waals surface area contributed by atoms with Crippen LogP contribution in [0.1, 0.15) is 35.6 Å². The summed E-state index contributed by atoms with van der Waals surface area (Å²) >= 11 is 0. The summed E-state index contributed by atoms with van der Waals surface area (Å²) in [5, 5.41) is 13.5. The van der Waals surface area contributed by atoms with Gasteiger partial charge in [-0.2, -0.15) is 0 Å². The Kier molecular flexibility index (Phi) is 2.29. The van der Waals surface area contributed by atoms with Gasteiger partial charge in [-0.15, -0.1) is 0 Å². The lowest BCUT2D eigenvalue weighted by Crippen LogP contribution is -2.05. The van der Waals surface area contributed by atoms with E-state index in [1.165, 1.54) is 5.56 Å². The molecule has 0 fully saturated rings. The second kappa shape index (κ2) is 3.79. The highest BCUT2D eigenvalue weighted by Gasteiger charge is 2.19. The Morgan fingerprint density at radius 3 is 3.19 bits per heavy atom. The van der Waals surface area contributed by atoms with Crippen LogP contribution in [0.4, 0.5) is 0 Å². The van der Waals surface area contributed by atoms with Crippen LogP contribution < -0.4 is 0 Å². The molecule has 0 saturated heterocycles. The zero-order valence-electron chi connectivity index (χ0n) is 8.97. The van der Waals surface area contributed by atoms with Crippen molar-refractivity contribution in [2.24, 2.45) is 0 Å². The van der Waals surface area contributed by atoms with Gasteiger partial charge in [0.2, 0.25) is 0 Å². The first-order valence-electron chi connectivity index (χ1n) is 5.58. The fourth-order valence-corrected chi connectivity index (χ4v) is 2.33. The molecule has 4 nitrogen and oxygen atoms in total. The maximum Gasteiger partial charge on any atom is 0.128 e. The highest BCUT2D eigenvalue weighted by Crippen LogP contribution is 2.30. The van der Waals surface area contributed by atoms with Crippen LogP contribution in [0, 0.1) is 0 Å². The molecule has 2 aromatic heterocycles. The Labute approximate surface area is 93.5 Å². The molecular formula is C12H14N2O2. The van der Waals surface area contributed by atoms with E-state index in [0.29, 0.717) is 0 Å². The summed E-state index contributed by atoms with van der Waals surface area (Å²) in [6.45, 7) is 0.753. The van der Waals surface area contributed by atoms with E-state index in [2.05, 4.69) is 15.9 Å². The first-order chi connectivity index (χ1) is 7.83. The second-order valence-electron chi connectivity index (χ2n) is 4.35. The number of aromatic nitrogens is 2. The van der Waals surface area contributed by atoms with Gasteiger partial charge in [0.15, 0.2) is 0 Å². The van der Waals surface area contributed by atoms with Crippen molar-refractivity contribution in [1.82, 2.24) is 9.72 Å². The maximum atomic E-state index is 9.86. The minimum absolute atomic E-state index is 0.285. The van der Waals surface area contributed by atoms with E-state index in [1.807, 2.05) is 6.20 Å². The van der Waals surface area contributed by atoms with Gasteiger partial charge in [-0.05, 0) is 24.8 Å². The highest BCUT2D eigenvalue weighted by atomic mass is 16.5. The molecule has 4 heteroatoms. The third kappa shape index (κ3) is 1.65. The van der Waals surface area contributed by atoms with Crippen molar-refractivity contribution in [3.8, 4) is 0 Å². The van der Waals surface area contributed by atoms with E-state index in [4.69, 9.17) is 4.52 Å². The van der Waals surface area contributed by atoms with Crippen LogP contribution in [-0.2, 0) is 13.0 Å². The molecular weight excluding hydrogens is 204 g/mol. The van der Waals surface area contributed by atoms with Crippen LogP contribution in [0.5, 0.6) is 0 Å². The number of aliphatic hydroxyl groups is 1. The molecule has 0 aromatic carbocycles. The van der Waals surface area contributed by atoms with Crippen molar-refractivity contribution in [2.45, 2.75) is 31.9 Å². The number of aliphatic hydroxyl groups excluding tert-OH is 1. The quantitative estimate of drug-likeness (QED) is 0.837. The molecule has 1 unspecified atom stereocenters. The topological polar surface area (TPSA) is 51.2 Å². The van der Waals surface area contributed by atoms with Crippen LogP contribution in [0.15, 0.2) is 29.4 Å². The van der Waals surface area contributed by atoms with Crippen molar-refractivity contribution in [1.29, 1.82) is 0 Å². The molecule has 84 valence electrons. The SMILES string of the molecule is OC1CCCc2cn(Cc3cnoc3)cc21. The standard InChI is InChI=1S/C12H14N2O2/c15-12-3-1-2-10-6-14(7-11(10)12)5-9-4-13-16-8-9/h4,6-8,12,15H,1-3,5H2. The molecule has 0 amide bonds. The number of aryl methyl sites for hydroxylation is 1. The number of rotatable bonds is 2. The van der Waals surface area contributed by atoms with Gasteiger partial charge in [0.05, 0.1) is 18.8 Å². The average Bonchev–Trinajstić information content (AvgIpc) is 2.88. The smallest absolute Gasteiger partial charge is 0.128 e. The molecule has 0 spiro atoms. The van der Waals surface area contributed by atoms with E-state index < -0.39 is 0 Å². The van der Waals surface area contributed by atoms with Crippen molar-refractivity contribution in [3.63, 3.8) is 0 Å². The lowest BCUT2D eigenvalue weighted by Gasteiger charge is -2.16. The third-order valence-corrected chi connectivity index (χ3v) is 3.13. The minimum Gasteiger partial charge on any atom is -0.388 e. The summed E-state index contributed by atoms with van der Waals surface area (Å²) in [6.07, 6.45) is 10.3. The summed E-state index contributed by atoms with van der Waals surface area (Å²) in [4.78, 5) is 0. The third-order valence-electron chi connectivity index (χ3n) is 3.13. The monoisotopic (exact) mass is 218 g/mol. The molecule has 1 aliphatic rings. The summed E-state index contributed by atoms with van der Waals surface area (Å²) in [6, 6.07) is 0. The van der Waals surface area contributed by atoms with Crippen LogP contribution in [0.2, 0.25) is 0 Å². The summed E-state index contributed by atoms with van der Waals surface area (Å²) in [7, 11) is 0. The molecule has 0 saturated carbocycles. The van der Waals surface area contributed by atoms with Gasteiger partial charge in [0, 0.05) is 23.5 Å². The molecule has 1 aliphatic carbocycles. The molecule has 0 radical (unpaired) electrons.